The first-order valence-electron chi connectivity index (χ1n) is 5.45. The molecule has 0 radical (unpaired) electrons. The Labute approximate surface area is 102 Å². The van der Waals surface area contributed by atoms with E-state index >= 15 is 0 Å². The average Bonchev–Trinajstić information content (AvgIpc) is 3.10. The van der Waals surface area contributed by atoms with Gasteiger partial charge in [0.2, 0.25) is 5.75 Å². The highest BCUT2D eigenvalue weighted by Crippen LogP contribution is 2.36. The smallest absolute Gasteiger partial charge is 0.387 e. The van der Waals surface area contributed by atoms with Gasteiger partial charge in [0.15, 0.2) is 0 Å². The number of ether oxygens (including phenoxy) is 1. The van der Waals surface area contributed by atoms with Gasteiger partial charge in [0, 0.05) is 30.9 Å². The number of hydrogen-bond acceptors (Lipinski definition) is 4. The van der Waals surface area contributed by atoms with Gasteiger partial charge in [-0.1, -0.05) is 0 Å². The van der Waals surface area contributed by atoms with E-state index in [0.29, 0.717) is 11.7 Å². The van der Waals surface area contributed by atoms with Gasteiger partial charge in [0.25, 0.3) is 0 Å². The summed E-state index contributed by atoms with van der Waals surface area (Å²) in [6.07, 6.45) is 2.08. The van der Waals surface area contributed by atoms with Crippen LogP contribution in [-0.2, 0) is 0 Å². The van der Waals surface area contributed by atoms with Crippen LogP contribution in [0.1, 0.15) is 12.8 Å². The first-order chi connectivity index (χ1) is 8.49. The van der Waals surface area contributed by atoms with E-state index in [1.807, 2.05) is 11.9 Å². The molecule has 0 aliphatic heterocycles. The number of nitro groups is 1. The average molecular weight is 258 g/mol. The molecule has 5 nitrogen and oxygen atoms in total. The van der Waals surface area contributed by atoms with Crippen LogP contribution < -0.4 is 9.64 Å². The molecule has 0 spiro atoms. The van der Waals surface area contributed by atoms with Crippen molar-refractivity contribution in [3.8, 4) is 5.75 Å². The molecule has 0 aromatic heterocycles. The Bertz CT molecular complexity index is 464. The van der Waals surface area contributed by atoms with E-state index in [2.05, 4.69) is 4.74 Å². The Morgan fingerprint density at radius 1 is 1.50 bits per heavy atom. The van der Waals surface area contributed by atoms with Gasteiger partial charge < -0.3 is 9.64 Å². The summed E-state index contributed by atoms with van der Waals surface area (Å²) >= 11 is 0. The molecule has 0 heterocycles. The third-order valence-corrected chi connectivity index (χ3v) is 2.86. The lowest BCUT2D eigenvalue weighted by Crippen LogP contribution is -2.19. The van der Waals surface area contributed by atoms with Crippen LogP contribution >= 0.6 is 0 Å². The Kier molecular flexibility index (Phi) is 3.31. The van der Waals surface area contributed by atoms with Gasteiger partial charge in [-0.15, -0.1) is 0 Å². The number of nitrogens with zero attached hydrogens (tertiary/aromatic N) is 2. The van der Waals surface area contributed by atoms with E-state index in [1.165, 1.54) is 18.2 Å². The van der Waals surface area contributed by atoms with Crippen LogP contribution in [-0.4, -0.2) is 24.6 Å². The first kappa shape index (κ1) is 12.5. The Hall–Kier alpha value is -1.92. The molecule has 1 aliphatic carbocycles. The summed E-state index contributed by atoms with van der Waals surface area (Å²) in [4.78, 5) is 11.9. The standard InChI is InChI=1S/C11H12F2N2O3/c1-14(7-2-3-7)8-4-5-9(15(16)17)10(6-8)18-11(12)13/h4-7,11H,2-3H2,1H3. The number of benzene rings is 1. The van der Waals surface area contributed by atoms with E-state index in [9.17, 15) is 18.9 Å². The lowest BCUT2D eigenvalue weighted by molar-refractivity contribution is -0.386. The highest BCUT2D eigenvalue weighted by atomic mass is 19.3. The van der Waals surface area contributed by atoms with Crippen LogP contribution in [0.3, 0.4) is 0 Å². The molecular weight excluding hydrogens is 246 g/mol. The van der Waals surface area contributed by atoms with Crippen LogP contribution in [0.2, 0.25) is 0 Å². The van der Waals surface area contributed by atoms with Crippen molar-refractivity contribution in [3.63, 3.8) is 0 Å². The molecule has 1 aromatic rings. The molecule has 1 aromatic carbocycles. The summed E-state index contributed by atoms with van der Waals surface area (Å²) in [5, 5.41) is 10.7. The Morgan fingerprint density at radius 2 is 2.17 bits per heavy atom. The van der Waals surface area contributed by atoms with Crippen LogP contribution in [0.25, 0.3) is 0 Å². The molecule has 98 valence electrons. The predicted molar refractivity (Wildman–Crippen MR) is 61.2 cm³/mol. The molecule has 7 heteroatoms. The number of nitro benzene ring substituents is 1. The fourth-order valence-corrected chi connectivity index (χ4v) is 1.74. The van der Waals surface area contributed by atoms with Gasteiger partial charge in [-0.25, -0.2) is 0 Å². The molecule has 1 saturated carbocycles. The second-order valence-electron chi connectivity index (χ2n) is 4.13. The summed E-state index contributed by atoms with van der Waals surface area (Å²) in [6.45, 7) is -3.08. The van der Waals surface area contributed by atoms with E-state index in [-0.39, 0.29) is 0 Å². The largest absolute Gasteiger partial charge is 0.427 e. The summed E-state index contributed by atoms with van der Waals surface area (Å²) in [5.41, 5.74) is 0.182. The van der Waals surface area contributed by atoms with Crippen molar-refractivity contribution in [2.24, 2.45) is 0 Å². The fraction of sp³-hybridized carbons (Fsp3) is 0.455. The van der Waals surface area contributed by atoms with Gasteiger partial charge in [-0.3, -0.25) is 10.1 Å². The molecule has 0 atom stereocenters. The van der Waals surface area contributed by atoms with Crippen molar-refractivity contribution < 1.29 is 18.4 Å². The van der Waals surface area contributed by atoms with Crippen molar-refractivity contribution in [2.75, 3.05) is 11.9 Å². The Balaban J connectivity index is 2.31. The van der Waals surface area contributed by atoms with E-state index in [0.717, 1.165) is 12.8 Å². The third kappa shape index (κ3) is 2.66. The normalized spacial score (nSPS) is 14.7. The van der Waals surface area contributed by atoms with Gasteiger partial charge in [-0.2, -0.15) is 8.78 Å². The highest BCUT2D eigenvalue weighted by molar-refractivity contribution is 5.59. The number of alkyl halides is 2. The summed E-state index contributed by atoms with van der Waals surface area (Å²) in [6, 6.07) is 4.38. The van der Waals surface area contributed by atoms with Crippen LogP contribution in [0.15, 0.2) is 18.2 Å². The zero-order valence-electron chi connectivity index (χ0n) is 9.68. The van der Waals surface area contributed by atoms with Gasteiger partial charge in [0.05, 0.1) is 4.92 Å². The van der Waals surface area contributed by atoms with E-state index < -0.39 is 23.0 Å². The summed E-state index contributed by atoms with van der Waals surface area (Å²) in [5.74, 6) is -0.403. The number of halogens is 2. The lowest BCUT2D eigenvalue weighted by atomic mass is 10.2. The maximum atomic E-state index is 12.2. The number of anilines is 1. The minimum Gasteiger partial charge on any atom is -0.427 e. The van der Waals surface area contributed by atoms with E-state index in [1.54, 1.807) is 0 Å². The Morgan fingerprint density at radius 3 is 2.67 bits per heavy atom. The summed E-state index contributed by atoms with van der Waals surface area (Å²) < 4.78 is 28.6. The minimum absolute atomic E-state index is 0.380. The van der Waals surface area contributed by atoms with E-state index in [4.69, 9.17) is 0 Å². The molecule has 0 bridgehead atoms. The number of hydrogen-bond donors (Lipinski definition) is 0. The van der Waals surface area contributed by atoms with Crippen LogP contribution in [0.4, 0.5) is 20.2 Å². The quantitative estimate of drug-likeness (QED) is 0.602. The monoisotopic (exact) mass is 258 g/mol. The zero-order chi connectivity index (χ0) is 13.3. The van der Waals surface area contributed by atoms with Crippen molar-refractivity contribution in [2.45, 2.75) is 25.5 Å². The van der Waals surface area contributed by atoms with Crippen LogP contribution in [0.5, 0.6) is 5.75 Å². The SMILES string of the molecule is CN(c1ccc([N+](=O)[O-])c(OC(F)F)c1)C1CC1. The predicted octanol–water partition coefficient (Wildman–Crippen LogP) is 2.79. The topological polar surface area (TPSA) is 55.6 Å². The maximum Gasteiger partial charge on any atom is 0.387 e. The van der Waals surface area contributed by atoms with Crippen molar-refractivity contribution in [1.82, 2.24) is 0 Å². The molecule has 0 saturated heterocycles. The molecule has 0 amide bonds. The van der Waals surface area contributed by atoms with Gasteiger partial charge >= 0.3 is 12.3 Å². The highest BCUT2D eigenvalue weighted by Gasteiger charge is 2.28. The van der Waals surface area contributed by atoms with Gasteiger partial charge in [-0.05, 0) is 18.9 Å². The molecular formula is C11H12F2N2O3. The lowest BCUT2D eigenvalue weighted by Gasteiger charge is -2.19. The van der Waals surface area contributed by atoms with Gasteiger partial charge in [0.1, 0.15) is 0 Å². The van der Waals surface area contributed by atoms with Crippen molar-refractivity contribution >= 4 is 11.4 Å². The van der Waals surface area contributed by atoms with Crippen LogP contribution in [0, 0.1) is 10.1 Å². The van der Waals surface area contributed by atoms with Crippen molar-refractivity contribution in [1.29, 1.82) is 0 Å². The number of rotatable bonds is 5. The van der Waals surface area contributed by atoms with Crippen molar-refractivity contribution in [3.05, 3.63) is 28.3 Å². The molecule has 2 rings (SSSR count). The second-order valence-corrected chi connectivity index (χ2v) is 4.13. The molecule has 1 aliphatic rings. The fourth-order valence-electron chi connectivity index (χ4n) is 1.74. The molecule has 1 fully saturated rings. The second kappa shape index (κ2) is 4.75. The maximum absolute atomic E-state index is 12.2. The molecule has 18 heavy (non-hydrogen) atoms. The third-order valence-electron chi connectivity index (χ3n) is 2.86. The molecule has 0 N–H and O–H groups in total. The zero-order valence-corrected chi connectivity index (χ0v) is 9.68. The minimum atomic E-state index is -3.08. The molecule has 0 unspecified atom stereocenters. The first-order valence-corrected chi connectivity index (χ1v) is 5.45. The summed E-state index contributed by atoms with van der Waals surface area (Å²) in [7, 11) is 1.82.